The molecule has 0 spiro atoms. The Morgan fingerprint density at radius 2 is 2.18 bits per heavy atom. The Bertz CT molecular complexity index is 178. The third kappa shape index (κ3) is 1.30. The summed E-state index contributed by atoms with van der Waals surface area (Å²) < 4.78 is 5.22. The molecular weight excluding hydrogens is 144 g/mol. The molecular formula is C8H12O3. The first-order valence-electron chi connectivity index (χ1n) is 4.11. The van der Waals surface area contributed by atoms with Gasteiger partial charge in [-0.1, -0.05) is 0 Å². The largest absolute Gasteiger partial charge is 0.368 e. The topological polar surface area (TPSA) is 46.5 Å². The SMILES string of the molecule is O=C1CC2CCC(O)OC2C1. The zero-order valence-corrected chi connectivity index (χ0v) is 6.32. The number of Topliss-reactive ketones (excluding diaryl/α,β-unsaturated/α-hetero) is 1. The normalized spacial score (nSPS) is 44.1. The monoisotopic (exact) mass is 156 g/mol. The quantitative estimate of drug-likeness (QED) is 0.554. The molecule has 1 N–H and O–H groups in total. The van der Waals surface area contributed by atoms with E-state index in [0.29, 0.717) is 25.2 Å². The zero-order valence-electron chi connectivity index (χ0n) is 6.32. The molecule has 0 aromatic rings. The molecule has 1 aliphatic heterocycles. The number of ketones is 1. The molecule has 11 heavy (non-hydrogen) atoms. The average molecular weight is 156 g/mol. The van der Waals surface area contributed by atoms with Crippen LogP contribution in [0.15, 0.2) is 0 Å². The van der Waals surface area contributed by atoms with Crippen molar-refractivity contribution in [2.45, 2.75) is 38.1 Å². The van der Waals surface area contributed by atoms with Gasteiger partial charge < -0.3 is 9.84 Å². The third-order valence-electron chi connectivity index (χ3n) is 2.56. The number of carbonyl (C=O) groups is 1. The van der Waals surface area contributed by atoms with Gasteiger partial charge in [0.05, 0.1) is 6.10 Å². The fourth-order valence-electron chi connectivity index (χ4n) is 1.97. The van der Waals surface area contributed by atoms with Crippen LogP contribution in [0, 0.1) is 5.92 Å². The minimum atomic E-state index is -0.623. The molecule has 1 heterocycles. The minimum Gasteiger partial charge on any atom is -0.368 e. The van der Waals surface area contributed by atoms with Crippen molar-refractivity contribution >= 4 is 5.78 Å². The lowest BCUT2D eigenvalue weighted by molar-refractivity contribution is -0.174. The Hall–Kier alpha value is -0.410. The molecule has 0 amide bonds. The number of ether oxygens (including phenoxy) is 1. The van der Waals surface area contributed by atoms with Crippen LogP contribution in [0.2, 0.25) is 0 Å². The Morgan fingerprint density at radius 3 is 3.00 bits per heavy atom. The first-order valence-corrected chi connectivity index (χ1v) is 4.11. The van der Waals surface area contributed by atoms with Crippen molar-refractivity contribution in [3.8, 4) is 0 Å². The summed E-state index contributed by atoms with van der Waals surface area (Å²) in [6, 6.07) is 0. The highest BCUT2D eigenvalue weighted by molar-refractivity contribution is 5.81. The highest BCUT2D eigenvalue weighted by Crippen LogP contribution is 2.34. The molecule has 2 rings (SSSR count). The Kier molecular flexibility index (Phi) is 1.69. The van der Waals surface area contributed by atoms with Gasteiger partial charge in [0.2, 0.25) is 0 Å². The van der Waals surface area contributed by atoms with E-state index >= 15 is 0 Å². The molecule has 1 saturated heterocycles. The molecule has 62 valence electrons. The molecule has 3 unspecified atom stereocenters. The van der Waals surface area contributed by atoms with Gasteiger partial charge in [-0.2, -0.15) is 0 Å². The van der Waals surface area contributed by atoms with Gasteiger partial charge in [0.15, 0.2) is 6.29 Å². The molecule has 3 atom stereocenters. The second-order valence-electron chi connectivity index (χ2n) is 3.41. The Morgan fingerprint density at radius 1 is 1.36 bits per heavy atom. The first-order chi connectivity index (χ1) is 5.25. The van der Waals surface area contributed by atoms with Gasteiger partial charge in [-0.3, -0.25) is 4.79 Å². The smallest absolute Gasteiger partial charge is 0.154 e. The summed E-state index contributed by atoms with van der Waals surface area (Å²) in [4.78, 5) is 11.0. The van der Waals surface area contributed by atoms with Crippen LogP contribution in [-0.2, 0) is 9.53 Å². The van der Waals surface area contributed by atoms with E-state index in [9.17, 15) is 4.79 Å². The first kappa shape index (κ1) is 7.25. The van der Waals surface area contributed by atoms with Crippen molar-refractivity contribution in [1.29, 1.82) is 0 Å². The van der Waals surface area contributed by atoms with Crippen molar-refractivity contribution in [3.63, 3.8) is 0 Å². The van der Waals surface area contributed by atoms with Crippen LogP contribution >= 0.6 is 0 Å². The lowest BCUT2D eigenvalue weighted by atomic mass is 9.97. The number of carbonyl (C=O) groups excluding carboxylic acids is 1. The Balaban J connectivity index is 2.02. The second-order valence-corrected chi connectivity index (χ2v) is 3.41. The molecule has 1 saturated carbocycles. The molecule has 1 aliphatic carbocycles. The van der Waals surface area contributed by atoms with E-state index < -0.39 is 6.29 Å². The lowest BCUT2D eigenvalue weighted by Crippen LogP contribution is -2.31. The van der Waals surface area contributed by atoms with Crippen molar-refractivity contribution in [3.05, 3.63) is 0 Å². The van der Waals surface area contributed by atoms with Crippen LogP contribution in [0.1, 0.15) is 25.7 Å². The molecule has 0 aromatic carbocycles. The summed E-state index contributed by atoms with van der Waals surface area (Å²) in [6.07, 6.45) is 2.21. The molecule has 2 aliphatic rings. The van der Waals surface area contributed by atoms with Crippen LogP contribution in [0.3, 0.4) is 0 Å². The van der Waals surface area contributed by atoms with Crippen LogP contribution in [0.5, 0.6) is 0 Å². The molecule has 0 bridgehead atoms. The van der Waals surface area contributed by atoms with Crippen LogP contribution in [0.4, 0.5) is 0 Å². The molecule has 2 fully saturated rings. The predicted octanol–water partition coefficient (Wildman–Crippen LogP) is 0.463. The predicted molar refractivity (Wildman–Crippen MR) is 37.8 cm³/mol. The summed E-state index contributed by atoms with van der Waals surface area (Å²) in [6.45, 7) is 0. The zero-order chi connectivity index (χ0) is 7.84. The summed E-state index contributed by atoms with van der Waals surface area (Å²) >= 11 is 0. The molecule has 3 nitrogen and oxygen atoms in total. The van der Waals surface area contributed by atoms with E-state index in [2.05, 4.69) is 0 Å². The summed E-state index contributed by atoms with van der Waals surface area (Å²) in [5.41, 5.74) is 0. The maximum atomic E-state index is 11.0. The number of hydrogen-bond donors (Lipinski definition) is 1. The van der Waals surface area contributed by atoms with E-state index in [1.54, 1.807) is 0 Å². The van der Waals surface area contributed by atoms with Crippen LogP contribution in [-0.4, -0.2) is 23.3 Å². The van der Waals surface area contributed by atoms with Crippen LogP contribution in [0.25, 0.3) is 0 Å². The third-order valence-corrected chi connectivity index (χ3v) is 2.56. The van der Waals surface area contributed by atoms with Gasteiger partial charge in [0.1, 0.15) is 5.78 Å². The lowest BCUT2D eigenvalue weighted by Gasteiger charge is -2.28. The summed E-state index contributed by atoms with van der Waals surface area (Å²) in [5, 5.41) is 9.11. The highest BCUT2D eigenvalue weighted by atomic mass is 16.6. The van der Waals surface area contributed by atoms with E-state index in [4.69, 9.17) is 9.84 Å². The van der Waals surface area contributed by atoms with Gasteiger partial charge in [0, 0.05) is 12.8 Å². The maximum absolute atomic E-state index is 11.0. The van der Waals surface area contributed by atoms with Gasteiger partial charge in [-0.15, -0.1) is 0 Å². The number of hydrogen-bond acceptors (Lipinski definition) is 3. The van der Waals surface area contributed by atoms with Gasteiger partial charge in [-0.05, 0) is 18.8 Å². The number of rotatable bonds is 0. The molecule has 0 aromatic heterocycles. The van der Waals surface area contributed by atoms with Crippen molar-refractivity contribution in [2.24, 2.45) is 5.92 Å². The van der Waals surface area contributed by atoms with Crippen molar-refractivity contribution in [1.82, 2.24) is 0 Å². The number of aliphatic hydroxyl groups excluding tert-OH is 1. The van der Waals surface area contributed by atoms with Crippen LogP contribution < -0.4 is 0 Å². The standard InChI is InChI=1S/C8H12O3/c9-6-3-5-1-2-8(10)11-7(5)4-6/h5,7-8,10H,1-4H2. The van der Waals surface area contributed by atoms with Crippen molar-refractivity contribution in [2.75, 3.05) is 0 Å². The van der Waals surface area contributed by atoms with E-state index in [0.717, 1.165) is 6.42 Å². The van der Waals surface area contributed by atoms with Gasteiger partial charge in [0.25, 0.3) is 0 Å². The fourth-order valence-corrected chi connectivity index (χ4v) is 1.97. The van der Waals surface area contributed by atoms with Gasteiger partial charge >= 0.3 is 0 Å². The highest BCUT2D eigenvalue weighted by Gasteiger charge is 2.38. The summed E-state index contributed by atoms with van der Waals surface area (Å²) in [5.74, 6) is 0.681. The minimum absolute atomic E-state index is 0.0197. The fraction of sp³-hybridized carbons (Fsp3) is 0.875. The average Bonchev–Trinajstić information content (AvgIpc) is 2.27. The van der Waals surface area contributed by atoms with E-state index in [-0.39, 0.29) is 11.9 Å². The molecule has 0 radical (unpaired) electrons. The van der Waals surface area contributed by atoms with E-state index in [1.807, 2.05) is 0 Å². The maximum Gasteiger partial charge on any atom is 0.154 e. The number of aliphatic hydroxyl groups is 1. The van der Waals surface area contributed by atoms with Gasteiger partial charge in [-0.25, -0.2) is 0 Å². The summed E-state index contributed by atoms with van der Waals surface area (Å²) in [7, 11) is 0. The molecule has 3 heteroatoms. The van der Waals surface area contributed by atoms with E-state index in [1.165, 1.54) is 0 Å². The van der Waals surface area contributed by atoms with Crippen molar-refractivity contribution < 1.29 is 14.6 Å². The number of fused-ring (bicyclic) bond motifs is 1. The second kappa shape index (κ2) is 2.57. The Labute approximate surface area is 65.4 Å².